The fourth-order valence-corrected chi connectivity index (χ4v) is 2.77. The summed E-state index contributed by atoms with van der Waals surface area (Å²) in [4.78, 5) is 16.1. The average Bonchev–Trinajstić information content (AvgIpc) is 2.97. The van der Waals surface area contributed by atoms with Gasteiger partial charge < -0.3 is 10.2 Å². The SMILES string of the molecule is CNC1CCN(C(=O)c2nn(-c3ccccc3)nc2C)CC1. The third-order valence-corrected chi connectivity index (χ3v) is 4.16. The molecule has 0 saturated carbocycles. The number of benzene rings is 1. The number of rotatable bonds is 3. The number of hydrogen-bond acceptors (Lipinski definition) is 4. The van der Waals surface area contributed by atoms with E-state index in [2.05, 4.69) is 15.5 Å². The minimum atomic E-state index is -0.0192. The van der Waals surface area contributed by atoms with Crippen LogP contribution in [0, 0.1) is 6.92 Å². The van der Waals surface area contributed by atoms with Gasteiger partial charge in [0.15, 0.2) is 5.69 Å². The molecule has 0 aliphatic carbocycles. The number of carbonyl (C=O) groups is 1. The topological polar surface area (TPSA) is 63.1 Å². The molecule has 1 amide bonds. The Morgan fingerprint density at radius 2 is 1.86 bits per heavy atom. The molecule has 6 heteroatoms. The summed E-state index contributed by atoms with van der Waals surface area (Å²) in [6, 6.07) is 10.1. The maximum Gasteiger partial charge on any atom is 0.276 e. The molecule has 1 fully saturated rings. The smallest absolute Gasteiger partial charge is 0.276 e. The number of hydrogen-bond donors (Lipinski definition) is 1. The molecule has 2 heterocycles. The van der Waals surface area contributed by atoms with Crippen LogP contribution in [0.15, 0.2) is 30.3 Å². The summed E-state index contributed by atoms with van der Waals surface area (Å²) < 4.78 is 0. The van der Waals surface area contributed by atoms with Gasteiger partial charge in [0.1, 0.15) is 0 Å². The Bertz CT molecular complexity index is 644. The van der Waals surface area contributed by atoms with E-state index >= 15 is 0 Å². The first-order chi connectivity index (χ1) is 10.7. The van der Waals surface area contributed by atoms with Crippen molar-refractivity contribution in [3.63, 3.8) is 0 Å². The number of aromatic nitrogens is 3. The molecule has 6 nitrogen and oxygen atoms in total. The average molecular weight is 299 g/mol. The van der Waals surface area contributed by atoms with Crippen molar-refractivity contribution in [3.05, 3.63) is 41.7 Å². The first kappa shape index (κ1) is 14.7. The second-order valence-electron chi connectivity index (χ2n) is 5.61. The van der Waals surface area contributed by atoms with Crippen LogP contribution in [0.25, 0.3) is 5.69 Å². The Morgan fingerprint density at radius 3 is 2.50 bits per heavy atom. The first-order valence-corrected chi connectivity index (χ1v) is 7.65. The van der Waals surface area contributed by atoms with Crippen LogP contribution in [-0.4, -0.2) is 52.0 Å². The lowest BCUT2D eigenvalue weighted by atomic mass is 10.0. The van der Waals surface area contributed by atoms with Crippen LogP contribution in [0.3, 0.4) is 0 Å². The van der Waals surface area contributed by atoms with E-state index in [0.717, 1.165) is 31.6 Å². The van der Waals surface area contributed by atoms with Gasteiger partial charge in [-0.1, -0.05) is 18.2 Å². The van der Waals surface area contributed by atoms with Crippen LogP contribution in [-0.2, 0) is 0 Å². The summed E-state index contributed by atoms with van der Waals surface area (Å²) >= 11 is 0. The van der Waals surface area contributed by atoms with E-state index in [4.69, 9.17) is 0 Å². The van der Waals surface area contributed by atoms with Crippen molar-refractivity contribution in [2.45, 2.75) is 25.8 Å². The largest absolute Gasteiger partial charge is 0.337 e. The monoisotopic (exact) mass is 299 g/mol. The summed E-state index contributed by atoms with van der Waals surface area (Å²) in [6.07, 6.45) is 1.96. The van der Waals surface area contributed by atoms with Crippen LogP contribution >= 0.6 is 0 Å². The van der Waals surface area contributed by atoms with E-state index in [1.165, 1.54) is 4.80 Å². The lowest BCUT2D eigenvalue weighted by Gasteiger charge is -2.31. The number of carbonyl (C=O) groups excluding carboxylic acids is 1. The van der Waals surface area contributed by atoms with Crippen LogP contribution in [0.1, 0.15) is 29.0 Å². The molecule has 22 heavy (non-hydrogen) atoms. The summed E-state index contributed by atoms with van der Waals surface area (Å²) in [7, 11) is 1.97. The molecule has 1 saturated heterocycles. The van der Waals surface area contributed by atoms with E-state index in [-0.39, 0.29) is 5.91 Å². The minimum absolute atomic E-state index is 0.0192. The molecule has 0 spiro atoms. The van der Waals surface area contributed by atoms with E-state index in [1.807, 2.05) is 49.2 Å². The second-order valence-corrected chi connectivity index (χ2v) is 5.61. The Labute approximate surface area is 130 Å². The van der Waals surface area contributed by atoms with E-state index in [9.17, 15) is 4.79 Å². The van der Waals surface area contributed by atoms with Gasteiger partial charge in [-0.25, -0.2) is 0 Å². The van der Waals surface area contributed by atoms with Gasteiger partial charge in [-0.15, -0.1) is 5.10 Å². The van der Waals surface area contributed by atoms with Crippen molar-refractivity contribution in [1.82, 2.24) is 25.2 Å². The highest BCUT2D eigenvalue weighted by Gasteiger charge is 2.26. The fourth-order valence-electron chi connectivity index (χ4n) is 2.77. The Morgan fingerprint density at radius 1 is 1.18 bits per heavy atom. The molecule has 1 aromatic carbocycles. The normalized spacial score (nSPS) is 16.0. The first-order valence-electron chi connectivity index (χ1n) is 7.65. The third-order valence-electron chi connectivity index (χ3n) is 4.16. The van der Waals surface area contributed by atoms with Gasteiger partial charge in [-0.2, -0.15) is 9.90 Å². The van der Waals surface area contributed by atoms with Gasteiger partial charge in [-0.05, 0) is 38.9 Å². The van der Waals surface area contributed by atoms with E-state index in [0.29, 0.717) is 17.4 Å². The van der Waals surface area contributed by atoms with Crippen molar-refractivity contribution >= 4 is 5.91 Å². The maximum atomic E-state index is 12.6. The van der Waals surface area contributed by atoms with Crippen LogP contribution in [0.4, 0.5) is 0 Å². The minimum Gasteiger partial charge on any atom is -0.337 e. The second kappa shape index (κ2) is 6.27. The lowest BCUT2D eigenvalue weighted by molar-refractivity contribution is 0.0700. The van der Waals surface area contributed by atoms with E-state index in [1.54, 1.807) is 0 Å². The van der Waals surface area contributed by atoms with Gasteiger partial charge in [0.05, 0.1) is 11.4 Å². The van der Waals surface area contributed by atoms with Crippen LogP contribution in [0.5, 0.6) is 0 Å². The quantitative estimate of drug-likeness (QED) is 0.930. The van der Waals surface area contributed by atoms with Crippen molar-refractivity contribution in [3.8, 4) is 5.69 Å². The lowest BCUT2D eigenvalue weighted by Crippen LogP contribution is -2.44. The van der Waals surface area contributed by atoms with Gasteiger partial charge in [0.25, 0.3) is 5.91 Å². The predicted molar refractivity (Wildman–Crippen MR) is 84.1 cm³/mol. The predicted octanol–water partition coefficient (Wildman–Crippen LogP) is 1.40. The third kappa shape index (κ3) is 2.87. The zero-order valence-electron chi connectivity index (χ0n) is 13.0. The van der Waals surface area contributed by atoms with Gasteiger partial charge in [0.2, 0.25) is 0 Å². The van der Waals surface area contributed by atoms with E-state index < -0.39 is 0 Å². The molecule has 0 radical (unpaired) electrons. The molecule has 3 rings (SSSR count). The molecule has 0 unspecified atom stereocenters. The Hall–Kier alpha value is -2.21. The number of likely N-dealkylation sites (tertiary alicyclic amines) is 1. The van der Waals surface area contributed by atoms with Crippen LogP contribution in [0.2, 0.25) is 0 Å². The van der Waals surface area contributed by atoms with Crippen molar-refractivity contribution in [2.24, 2.45) is 0 Å². The number of nitrogens with one attached hydrogen (secondary N) is 1. The molecule has 0 bridgehead atoms. The summed E-state index contributed by atoms with van der Waals surface area (Å²) in [5.74, 6) is -0.0192. The van der Waals surface area contributed by atoms with Gasteiger partial charge in [0, 0.05) is 19.1 Å². The molecule has 2 aromatic rings. The molecule has 1 aliphatic heterocycles. The molecular weight excluding hydrogens is 278 g/mol. The number of piperidine rings is 1. The Balaban J connectivity index is 1.78. The zero-order chi connectivity index (χ0) is 15.5. The summed E-state index contributed by atoms with van der Waals surface area (Å²) in [6.45, 7) is 3.37. The van der Waals surface area contributed by atoms with Crippen LogP contribution < -0.4 is 5.32 Å². The van der Waals surface area contributed by atoms with Crippen molar-refractivity contribution in [1.29, 1.82) is 0 Å². The number of para-hydroxylation sites is 1. The molecule has 1 aromatic heterocycles. The standard InChI is InChI=1S/C16H21N5O/c1-12-15(16(22)20-10-8-13(17-2)9-11-20)19-21(18-12)14-6-4-3-5-7-14/h3-7,13,17H,8-11H2,1-2H3. The number of amides is 1. The highest BCUT2D eigenvalue weighted by Crippen LogP contribution is 2.15. The Kier molecular flexibility index (Phi) is 4.20. The fraction of sp³-hybridized carbons (Fsp3) is 0.438. The zero-order valence-corrected chi connectivity index (χ0v) is 13.0. The van der Waals surface area contributed by atoms with Gasteiger partial charge >= 0.3 is 0 Å². The number of aryl methyl sites for hydroxylation is 1. The summed E-state index contributed by atoms with van der Waals surface area (Å²) in [5, 5.41) is 12.0. The molecule has 1 N–H and O–H groups in total. The molecular formula is C16H21N5O. The highest BCUT2D eigenvalue weighted by atomic mass is 16.2. The summed E-state index contributed by atoms with van der Waals surface area (Å²) in [5.41, 5.74) is 1.98. The van der Waals surface area contributed by atoms with Crippen molar-refractivity contribution in [2.75, 3.05) is 20.1 Å². The molecule has 1 aliphatic rings. The molecule has 116 valence electrons. The van der Waals surface area contributed by atoms with Gasteiger partial charge in [-0.3, -0.25) is 4.79 Å². The maximum absolute atomic E-state index is 12.6. The number of nitrogens with zero attached hydrogens (tertiary/aromatic N) is 4. The molecule has 0 atom stereocenters. The van der Waals surface area contributed by atoms with Crippen molar-refractivity contribution < 1.29 is 4.79 Å². The highest BCUT2D eigenvalue weighted by molar-refractivity contribution is 5.93.